The summed E-state index contributed by atoms with van der Waals surface area (Å²) in [7, 11) is 0. The normalized spacial score (nSPS) is 10.6. The third-order valence-electron chi connectivity index (χ3n) is 3.13. The van der Waals surface area contributed by atoms with Gasteiger partial charge < -0.3 is 9.84 Å². The molecular formula is C16H13BrN2O2S. The fraction of sp³-hybridized carbons (Fsp3) is 0.125. The number of benzene rings is 1. The van der Waals surface area contributed by atoms with Crippen LogP contribution >= 0.6 is 27.3 Å². The molecule has 0 spiro atoms. The van der Waals surface area contributed by atoms with Gasteiger partial charge in [0.15, 0.2) is 5.76 Å². The highest BCUT2D eigenvalue weighted by Crippen LogP contribution is 2.25. The van der Waals surface area contributed by atoms with Crippen molar-refractivity contribution in [2.45, 2.75) is 13.3 Å². The number of amides is 1. The molecule has 1 N–H and O–H groups in total. The van der Waals surface area contributed by atoms with Crippen LogP contribution in [0.25, 0.3) is 10.6 Å². The Balaban J connectivity index is 1.67. The molecule has 0 saturated heterocycles. The topological polar surface area (TPSA) is 55.1 Å². The molecule has 22 heavy (non-hydrogen) atoms. The molecule has 0 aliphatic rings. The van der Waals surface area contributed by atoms with Gasteiger partial charge in [-0.15, -0.1) is 11.3 Å². The molecule has 0 fully saturated rings. The van der Waals surface area contributed by atoms with E-state index in [4.69, 9.17) is 4.52 Å². The van der Waals surface area contributed by atoms with Crippen molar-refractivity contribution >= 4 is 38.9 Å². The van der Waals surface area contributed by atoms with E-state index in [0.717, 1.165) is 20.6 Å². The predicted octanol–water partition coefficient (Wildman–Crippen LogP) is 4.66. The minimum absolute atomic E-state index is 0.114. The maximum atomic E-state index is 12.1. The van der Waals surface area contributed by atoms with Crippen molar-refractivity contribution in [3.05, 3.63) is 57.5 Å². The average Bonchev–Trinajstić information content (AvgIpc) is 3.12. The number of nitrogens with zero attached hydrogens (tertiary/aromatic N) is 1. The van der Waals surface area contributed by atoms with Gasteiger partial charge in [-0.3, -0.25) is 4.79 Å². The highest BCUT2D eigenvalue weighted by molar-refractivity contribution is 9.10. The first-order valence-corrected chi connectivity index (χ1v) is 8.34. The highest BCUT2D eigenvalue weighted by atomic mass is 79.9. The Kier molecular flexibility index (Phi) is 4.40. The largest absolute Gasteiger partial charge is 0.355 e. The van der Waals surface area contributed by atoms with E-state index in [2.05, 4.69) is 26.4 Å². The zero-order valence-electron chi connectivity index (χ0n) is 11.8. The minimum Gasteiger partial charge on any atom is -0.355 e. The molecule has 2 aromatic heterocycles. The molecule has 3 aromatic rings. The van der Waals surface area contributed by atoms with Crippen LogP contribution in [-0.4, -0.2) is 11.1 Å². The van der Waals surface area contributed by atoms with Gasteiger partial charge in [0, 0.05) is 16.2 Å². The average molecular weight is 377 g/mol. The van der Waals surface area contributed by atoms with Gasteiger partial charge >= 0.3 is 0 Å². The lowest BCUT2D eigenvalue weighted by atomic mass is 10.2. The van der Waals surface area contributed by atoms with Gasteiger partial charge in [0.05, 0.1) is 17.0 Å². The van der Waals surface area contributed by atoms with E-state index >= 15 is 0 Å². The zero-order chi connectivity index (χ0) is 15.5. The van der Waals surface area contributed by atoms with Crippen molar-refractivity contribution < 1.29 is 9.32 Å². The number of aryl methyl sites for hydroxylation is 1. The van der Waals surface area contributed by atoms with E-state index in [0.29, 0.717) is 11.5 Å². The van der Waals surface area contributed by atoms with Crippen molar-refractivity contribution in [1.82, 2.24) is 5.16 Å². The van der Waals surface area contributed by atoms with Crippen molar-refractivity contribution in [2.75, 3.05) is 5.32 Å². The molecule has 0 atom stereocenters. The molecule has 6 heteroatoms. The fourth-order valence-electron chi connectivity index (χ4n) is 2.06. The Morgan fingerprint density at radius 3 is 2.95 bits per heavy atom. The summed E-state index contributed by atoms with van der Waals surface area (Å²) in [6.45, 7) is 1.95. The van der Waals surface area contributed by atoms with Crippen LogP contribution in [0.3, 0.4) is 0 Å². The maximum Gasteiger partial charge on any atom is 0.230 e. The van der Waals surface area contributed by atoms with E-state index < -0.39 is 0 Å². The van der Waals surface area contributed by atoms with Crippen molar-refractivity contribution in [3.8, 4) is 10.6 Å². The van der Waals surface area contributed by atoms with E-state index in [1.807, 2.05) is 42.6 Å². The molecule has 0 radical (unpaired) electrons. The van der Waals surface area contributed by atoms with Crippen LogP contribution in [0.1, 0.15) is 11.3 Å². The first-order valence-electron chi connectivity index (χ1n) is 6.67. The molecule has 112 valence electrons. The summed E-state index contributed by atoms with van der Waals surface area (Å²) < 4.78 is 6.26. The smallest absolute Gasteiger partial charge is 0.230 e. The second-order valence-electron chi connectivity index (χ2n) is 4.84. The number of hydrogen-bond acceptors (Lipinski definition) is 4. The van der Waals surface area contributed by atoms with Gasteiger partial charge in [-0.1, -0.05) is 27.2 Å². The SMILES string of the molecule is Cc1cc(Br)ccc1NC(=O)Cc1cc(-c2cccs2)on1. The van der Waals surface area contributed by atoms with E-state index in [1.165, 1.54) is 0 Å². The summed E-state index contributed by atoms with van der Waals surface area (Å²) in [5.41, 5.74) is 2.42. The maximum absolute atomic E-state index is 12.1. The van der Waals surface area contributed by atoms with E-state index in [1.54, 1.807) is 17.4 Å². The second-order valence-corrected chi connectivity index (χ2v) is 6.71. The molecule has 0 bridgehead atoms. The number of rotatable bonds is 4. The Morgan fingerprint density at radius 1 is 1.36 bits per heavy atom. The third kappa shape index (κ3) is 3.45. The Hall–Kier alpha value is -1.92. The molecule has 3 rings (SSSR count). The molecule has 0 aliphatic heterocycles. The summed E-state index contributed by atoms with van der Waals surface area (Å²) in [5, 5.41) is 8.82. The number of nitrogens with one attached hydrogen (secondary N) is 1. The van der Waals surface area contributed by atoms with Crippen LogP contribution in [0, 0.1) is 6.92 Å². The number of anilines is 1. The Labute approximate surface area is 140 Å². The Bertz CT molecular complexity index is 796. The summed E-state index contributed by atoms with van der Waals surface area (Å²) in [4.78, 5) is 13.1. The summed E-state index contributed by atoms with van der Waals surface area (Å²) >= 11 is 4.98. The Morgan fingerprint density at radius 2 is 2.23 bits per heavy atom. The first-order chi connectivity index (χ1) is 10.6. The highest BCUT2D eigenvalue weighted by Gasteiger charge is 2.12. The van der Waals surface area contributed by atoms with Gasteiger partial charge in [-0.2, -0.15) is 0 Å². The third-order valence-corrected chi connectivity index (χ3v) is 4.50. The van der Waals surface area contributed by atoms with Crippen LogP contribution in [0.5, 0.6) is 0 Å². The number of aromatic nitrogens is 1. The monoisotopic (exact) mass is 376 g/mol. The van der Waals surface area contributed by atoms with Gasteiger partial charge in [0.25, 0.3) is 0 Å². The standard InChI is InChI=1S/C16H13BrN2O2S/c1-10-7-11(17)4-5-13(10)18-16(20)9-12-8-14(21-19-12)15-3-2-6-22-15/h2-8H,9H2,1H3,(H,18,20). The lowest BCUT2D eigenvalue weighted by Gasteiger charge is -2.07. The van der Waals surface area contributed by atoms with Crippen molar-refractivity contribution in [1.29, 1.82) is 0 Å². The first kappa shape index (κ1) is 15.0. The molecule has 4 nitrogen and oxygen atoms in total. The number of thiophene rings is 1. The van der Waals surface area contributed by atoms with Crippen LogP contribution in [-0.2, 0) is 11.2 Å². The lowest BCUT2D eigenvalue weighted by molar-refractivity contribution is -0.115. The molecule has 0 saturated carbocycles. The summed E-state index contributed by atoms with van der Waals surface area (Å²) in [6.07, 6.45) is 0.185. The fourth-order valence-corrected chi connectivity index (χ4v) is 3.21. The molecule has 0 unspecified atom stereocenters. The number of carbonyl (C=O) groups excluding carboxylic acids is 1. The minimum atomic E-state index is -0.114. The van der Waals surface area contributed by atoms with Gasteiger partial charge in [-0.25, -0.2) is 0 Å². The summed E-state index contributed by atoms with van der Waals surface area (Å²) in [6, 6.07) is 11.4. The van der Waals surface area contributed by atoms with Gasteiger partial charge in [0.1, 0.15) is 0 Å². The van der Waals surface area contributed by atoms with Crippen LogP contribution < -0.4 is 5.32 Å². The van der Waals surface area contributed by atoms with Crippen LogP contribution in [0.2, 0.25) is 0 Å². The van der Waals surface area contributed by atoms with E-state index in [9.17, 15) is 4.79 Å². The quantitative estimate of drug-likeness (QED) is 0.720. The van der Waals surface area contributed by atoms with Crippen LogP contribution in [0.4, 0.5) is 5.69 Å². The molecular weight excluding hydrogens is 364 g/mol. The van der Waals surface area contributed by atoms with Gasteiger partial charge in [-0.05, 0) is 42.1 Å². The number of carbonyl (C=O) groups is 1. The zero-order valence-corrected chi connectivity index (χ0v) is 14.2. The molecule has 1 amide bonds. The molecule has 0 aliphatic carbocycles. The number of halogens is 1. The number of hydrogen-bond donors (Lipinski definition) is 1. The second kappa shape index (κ2) is 6.46. The van der Waals surface area contributed by atoms with Crippen LogP contribution in [0.15, 0.2) is 50.8 Å². The summed E-state index contributed by atoms with van der Waals surface area (Å²) in [5.74, 6) is 0.578. The van der Waals surface area contributed by atoms with Crippen molar-refractivity contribution in [2.24, 2.45) is 0 Å². The molecule has 1 aromatic carbocycles. The van der Waals surface area contributed by atoms with Gasteiger partial charge in [0.2, 0.25) is 5.91 Å². The lowest BCUT2D eigenvalue weighted by Crippen LogP contribution is -2.15. The molecule has 2 heterocycles. The predicted molar refractivity (Wildman–Crippen MR) is 91.0 cm³/mol. The van der Waals surface area contributed by atoms with Crippen molar-refractivity contribution in [3.63, 3.8) is 0 Å². The van der Waals surface area contributed by atoms with E-state index in [-0.39, 0.29) is 12.3 Å².